The molecule has 6 nitrogen and oxygen atoms in total. The van der Waals surface area contributed by atoms with E-state index in [2.05, 4.69) is 16.9 Å². The highest BCUT2D eigenvalue weighted by atomic mass is 16.4. The van der Waals surface area contributed by atoms with E-state index in [9.17, 15) is 4.79 Å². The molecule has 0 aliphatic carbocycles. The molecule has 6 heteroatoms. The van der Waals surface area contributed by atoms with Gasteiger partial charge in [0.05, 0.1) is 12.0 Å². The highest BCUT2D eigenvalue weighted by Crippen LogP contribution is 2.09. The maximum atomic E-state index is 10.3. The molecule has 24 heavy (non-hydrogen) atoms. The number of hydrogen-bond acceptors (Lipinski definition) is 4. The number of nitrogens with zero attached hydrogens (tertiary/aromatic N) is 1. The van der Waals surface area contributed by atoms with Gasteiger partial charge in [0.2, 0.25) is 0 Å². The van der Waals surface area contributed by atoms with E-state index in [1.54, 1.807) is 6.20 Å². The lowest BCUT2D eigenvalue weighted by Crippen LogP contribution is -2.32. The van der Waals surface area contributed by atoms with Crippen LogP contribution in [0.2, 0.25) is 0 Å². The van der Waals surface area contributed by atoms with Crippen LogP contribution in [-0.4, -0.2) is 33.6 Å². The van der Waals surface area contributed by atoms with Crippen LogP contribution < -0.4 is 11.5 Å². The van der Waals surface area contributed by atoms with Crippen molar-refractivity contribution in [3.63, 3.8) is 0 Å². The van der Waals surface area contributed by atoms with Crippen LogP contribution in [0.4, 0.5) is 0 Å². The SMILES string of the molecule is CCCCCCCCCCCCN.NC(Cc1c[nH]cn1)C(=O)O. The van der Waals surface area contributed by atoms with Crippen LogP contribution in [-0.2, 0) is 11.2 Å². The Morgan fingerprint density at radius 3 is 2.08 bits per heavy atom. The van der Waals surface area contributed by atoms with Gasteiger partial charge in [-0.3, -0.25) is 4.79 Å². The van der Waals surface area contributed by atoms with Crippen LogP contribution >= 0.6 is 0 Å². The molecule has 0 fully saturated rings. The molecule has 6 N–H and O–H groups in total. The number of H-pyrrole nitrogens is 1. The number of rotatable bonds is 13. The number of carboxylic acid groups (broad SMARTS) is 1. The van der Waals surface area contributed by atoms with Crippen LogP contribution in [0, 0.1) is 0 Å². The van der Waals surface area contributed by atoms with Crippen molar-refractivity contribution in [2.75, 3.05) is 6.54 Å². The molecule has 0 saturated heterocycles. The predicted molar refractivity (Wildman–Crippen MR) is 98.8 cm³/mol. The molecule has 1 unspecified atom stereocenters. The molecule has 1 aromatic rings. The molecular formula is C18H36N4O2. The summed E-state index contributed by atoms with van der Waals surface area (Å²) in [4.78, 5) is 16.8. The molecule has 0 radical (unpaired) electrons. The van der Waals surface area contributed by atoms with Gasteiger partial charge >= 0.3 is 5.97 Å². The molecule has 0 aliphatic rings. The summed E-state index contributed by atoms with van der Waals surface area (Å²) in [6, 6.07) is -0.863. The fourth-order valence-electron chi connectivity index (χ4n) is 2.35. The number of aromatic nitrogens is 2. The number of hydrogen-bond donors (Lipinski definition) is 4. The zero-order valence-corrected chi connectivity index (χ0v) is 15.2. The smallest absolute Gasteiger partial charge is 0.320 e. The van der Waals surface area contributed by atoms with Crippen molar-refractivity contribution >= 4 is 5.97 Å². The highest BCUT2D eigenvalue weighted by molar-refractivity contribution is 5.73. The first-order valence-electron chi connectivity index (χ1n) is 9.27. The average molecular weight is 341 g/mol. The lowest BCUT2D eigenvalue weighted by molar-refractivity contribution is -0.138. The molecule has 0 amide bonds. The number of aliphatic carboxylic acids is 1. The van der Waals surface area contributed by atoms with E-state index in [-0.39, 0.29) is 6.42 Å². The monoisotopic (exact) mass is 340 g/mol. The van der Waals surface area contributed by atoms with Crippen LogP contribution in [0.3, 0.4) is 0 Å². The number of carbonyl (C=O) groups is 1. The number of nitrogens with one attached hydrogen (secondary N) is 1. The number of nitrogens with two attached hydrogens (primary N) is 2. The minimum atomic E-state index is -1.01. The van der Waals surface area contributed by atoms with Crippen molar-refractivity contribution in [1.29, 1.82) is 0 Å². The summed E-state index contributed by atoms with van der Waals surface area (Å²) < 4.78 is 0. The number of unbranched alkanes of at least 4 members (excludes halogenated alkanes) is 9. The van der Waals surface area contributed by atoms with E-state index in [1.165, 1.54) is 70.5 Å². The van der Waals surface area contributed by atoms with Gasteiger partial charge in [-0.1, -0.05) is 64.7 Å². The van der Waals surface area contributed by atoms with Crippen molar-refractivity contribution in [2.24, 2.45) is 11.5 Å². The third kappa shape index (κ3) is 14.2. The quantitative estimate of drug-likeness (QED) is 0.411. The third-order valence-corrected chi connectivity index (χ3v) is 3.86. The Kier molecular flexibility index (Phi) is 15.5. The Morgan fingerprint density at radius 1 is 1.12 bits per heavy atom. The Bertz CT molecular complexity index is 372. The van der Waals surface area contributed by atoms with Gasteiger partial charge in [0, 0.05) is 12.6 Å². The largest absolute Gasteiger partial charge is 0.480 e. The standard InChI is InChI=1S/C12H27N.C6H9N3O2/c1-2-3-4-5-6-7-8-9-10-11-12-13;7-5(6(10)11)1-4-2-8-3-9-4/h2-13H2,1H3;2-3,5H,1,7H2,(H,8,9)(H,10,11). The van der Waals surface area contributed by atoms with E-state index in [1.807, 2.05) is 0 Å². The maximum absolute atomic E-state index is 10.3. The molecule has 140 valence electrons. The van der Waals surface area contributed by atoms with Crippen LogP contribution in [0.25, 0.3) is 0 Å². The van der Waals surface area contributed by atoms with Gasteiger partial charge < -0.3 is 21.6 Å². The minimum Gasteiger partial charge on any atom is -0.480 e. The molecule has 1 rings (SSSR count). The molecular weight excluding hydrogens is 304 g/mol. The summed E-state index contributed by atoms with van der Waals surface area (Å²) in [7, 11) is 0. The van der Waals surface area contributed by atoms with Crippen molar-refractivity contribution in [2.45, 2.75) is 83.6 Å². The van der Waals surface area contributed by atoms with Crippen LogP contribution in [0.5, 0.6) is 0 Å². The molecule has 1 aromatic heterocycles. The van der Waals surface area contributed by atoms with Crippen molar-refractivity contribution < 1.29 is 9.90 Å². The van der Waals surface area contributed by atoms with Gasteiger partial charge in [-0.25, -0.2) is 4.98 Å². The molecule has 0 saturated carbocycles. The van der Waals surface area contributed by atoms with Gasteiger partial charge in [0.1, 0.15) is 6.04 Å². The first-order valence-corrected chi connectivity index (χ1v) is 9.27. The third-order valence-electron chi connectivity index (χ3n) is 3.86. The number of imidazole rings is 1. The normalized spacial score (nSPS) is 11.6. The van der Waals surface area contributed by atoms with E-state index in [0.717, 1.165) is 6.54 Å². The summed E-state index contributed by atoms with van der Waals surface area (Å²) in [5.41, 5.74) is 11.3. The Morgan fingerprint density at radius 2 is 1.67 bits per heavy atom. The Balaban J connectivity index is 0.000000446. The fourth-order valence-corrected chi connectivity index (χ4v) is 2.35. The second kappa shape index (κ2) is 16.5. The molecule has 1 atom stereocenters. The molecule has 1 heterocycles. The molecule has 0 aliphatic heterocycles. The zero-order valence-electron chi connectivity index (χ0n) is 15.2. The van der Waals surface area contributed by atoms with Gasteiger partial charge in [-0.05, 0) is 13.0 Å². The molecule has 0 spiro atoms. The van der Waals surface area contributed by atoms with E-state index in [0.29, 0.717) is 5.69 Å². The Labute approximate surface area is 146 Å². The topological polar surface area (TPSA) is 118 Å². The van der Waals surface area contributed by atoms with Gasteiger partial charge in [-0.15, -0.1) is 0 Å². The maximum Gasteiger partial charge on any atom is 0.320 e. The van der Waals surface area contributed by atoms with E-state index < -0.39 is 12.0 Å². The summed E-state index contributed by atoms with van der Waals surface area (Å²) in [6.45, 7) is 3.14. The van der Waals surface area contributed by atoms with Crippen LogP contribution in [0.15, 0.2) is 12.5 Å². The first-order chi connectivity index (χ1) is 11.6. The summed E-state index contributed by atoms with van der Waals surface area (Å²) in [5, 5.41) is 8.42. The van der Waals surface area contributed by atoms with E-state index >= 15 is 0 Å². The van der Waals surface area contributed by atoms with Gasteiger partial charge in [-0.2, -0.15) is 0 Å². The van der Waals surface area contributed by atoms with Gasteiger partial charge in [0.15, 0.2) is 0 Å². The molecule has 0 aromatic carbocycles. The number of carboxylic acids is 1. The second-order valence-electron chi connectivity index (χ2n) is 6.18. The van der Waals surface area contributed by atoms with Crippen LogP contribution in [0.1, 0.15) is 76.8 Å². The summed E-state index contributed by atoms with van der Waals surface area (Å²) in [6.07, 6.45) is 17.3. The van der Waals surface area contributed by atoms with Crippen molar-refractivity contribution in [1.82, 2.24) is 9.97 Å². The summed E-state index contributed by atoms with van der Waals surface area (Å²) >= 11 is 0. The highest BCUT2D eigenvalue weighted by Gasteiger charge is 2.12. The Hall–Kier alpha value is -1.40. The van der Waals surface area contributed by atoms with E-state index in [4.69, 9.17) is 16.6 Å². The van der Waals surface area contributed by atoms with Crippen molar-refractivity contribution in [3.05, 3.63) is 18.2 Å². The average Bonchev–Trinajstić information content (AvgIpc) is 3.07. The predicted octanol–water partition coefficient (Wildman–Crippen LogP) is 3.23. The second-order valence-corrected chi connectivity index (χ2v) is 6.18. The fraction of sp³-hybridized carbons (Fsp3) is 0.778. The summed E-state index contributed by atoms with van der Waals surface area (Å²) in [5.74, 6) is -1.01. The lowest BCUT2D eigenvalue weighted by atomic mass is 10.1. The zero-order chi connectivity index (χ0) is 18.0. The van der Waals surface area contributed by atoms with Crippen molar-refractivity contribution in [3.8, 4) is 0 Å². The minimum absolute atomic E-state index is 0.263. The first kappa shape index (κ1) is 22.6. The number of aromatic amines is 1. The molecule has 0 bridgehead atoms. The lowest BCUT2D eigenvalue weighted by Gasteiger charge is -2.01. The van der Waals surface area contributed by atoms with Gasteiger partial charge in [0.25, 0.3) is 0 Å².